The van der Waals surface area contributed by atoms with Crippen LogP contribution in [0.25, 0.3) is 0 Å². The molecule has 0 unspecified atom stereocenters. The molecule has 0 aliphatic rings. The van der Waals surface area contributed by atoms with Gasteiger partial charge in [0, 0.05) is 13.7 Å². The highest BCUT2D eigenvalue weighted by molar-refractivity contribution is 5.90. The van der Waals surface area contributed by atoms with E-state index >= 15 is 0 Å². The number of unbranched alkanes of at least 4 members (excludes halogenated alkanes) is 2. The van der Waals surface area contributed by atoms with Crippen LogP contribution in [0.3, 0.4) is 0 Å². The summed E-state index contributed by atoms with van der Waals surface area (Å²) in [4.78, 5) is 22.3. The van der Waals surface area contributed by atoms with Crippen LogP contribution in [-0.4, -0.2) is 23.9 Å². The highest BCUT2D eigenvalue weighted by atomic mass is 16.5. The smallest absolute Gasteiger partial charge is 0.359 e. The summed E-state index contributed by atoms with van der Waals surface area (Å²) in [6, 6.07) is 1.22. The number of aryl methyl sites for hydroxylation is 1. The number of anilines is 1. The van der Waals surface area contributed by atoms with Crippen molar-refractivity contribution >= 4 is 11.7 Å². The Morgan fingerprint density at radius 1 is 1.53 bits per heavy atom. The molecule has 1 amide bonds. The Labute approximate surface area is 99.5 Å². The van der Waals surface area contributed by atoms with Crippen molar-refractivity contribution < 1.29 is 14.1 Å². The lowest BCUT2D eigenvalue weighted by Crippen LogP contribution is -2.20. The average molecular weight is 242 g/mol. The van der Waals surface area contributed by atoms with Crippen molar-refractivity contribution in [2.75, 3.05) is 18.5 Å². The number of amides is 1. The van der Waals surface area contributed by atoms with Crippen LogP contribution in [0.4, 0.5) is 5.82 Å². The molecule has 96 valence electrons. The van der Waals surface area contributed by atoms with Gasteiger partial charge in [0.05, 0.1) is 6.07 Å². The topological polar surface area (TPSA) is 73.5 Å². The summed E-state index contributed by atoms with van der Waals surface area (Å²) < 4.78 is 11.1. The third-order valence-corrected chi connectivity index (χ3v) is 2.21. The van der Waals surface area contributed by atoms with Crippen LogP contribution in [0.5, 0.6) is 0 Å². The highest BCUT2D eigenvalue weighted by Crippen LogP contribution is 2.02. The van der Waals surface area contributed by atoms with Crippen molar-refractivity contribution in [2.24, 2.45) is 7.05 Å². The van der Waals surface area contributed by atoms with E-state index in [-0.39, 0.29) is 12.5 Å². The van der Waals surface area contributed by atoms with Gasteiger partial charge in [0.2, 0.25) is 0 Å². The molecule has 1 rings (SSSR count). The van der Waals surface area contributed by atoms with Gasteiger partial charge < -0.3 is 14.6 Å². The van der Waals surface area contributed by atoms with Gasteiger partial charge in [-0.25, -0.2) is 4.79 Å². The Kier molecular flexibility index (Phi) is 5.48. The standard InChI is InChI=1S/C11H18N2O4/c1-3-4-5-6-16-8-10(14)12-9-7-11(15)17-13(9)2/h7H,3-6,8H2,1-2H3,(H,12,14). The van der Waals surface area contributed by atoms with Gasteiger partial charge in [-0.05, 0) is 6.42 Å². The molecule has 17 heavy (non-hydrogen) atoms. The molecule has 0 spiro atoms. The van der Waals surface area contributed by atoms with Crippen molar-refractivity contribution in [1.82, 2.24) is 4.74 Å². The predicted molar refractivity (Wildman–Crippen MR) is 62.9 cm³/mol. The molecule has 0 fully saturated rings. The van der Waals surface area contributed by atoms with Gasteiger partial charge in [-0.2, -0.15) is 4.74 Å². The molecule has 1 aromatic heterocycles. The minimum atomic E-state index is -0.494. The summed E-state index contributed by atoms with van der Waals surface area (Å²) in [5, 5.41) is 2.53. The fourth-order valence-electron chi connectivity index (χ4n) is 1.33. The Bertz CT molecular complexity index is 408. The van der Waals surface area contributed by atoms with Crippen molar-refractivity contribution in [2.45, 2.75) is 26.2 Å². The molecule has 1 aromatic rings. The van der Waals surface area contributed by atoms with E-state index in [1.54, 1.807) is 7.05 Å². The summed E-state index contributed by atoms with van der Waals surface area (Å²) in [6.07, 6.45) is 3.17. The average Bonchev–Trinajstić information content (AvgIpc) is 2.57. The predicted octanol–water partition coefficient (Wildman–Crippen LogP) is 1.12. The molecule has 0 aliphatic heterocycles. The minimum absolute atomic E-state index is 0.0108. The largest absolute Gasteiger partial charge is 0.372 e. The van der Waals surface area contributed by atoms with Crippen LogP contribution in [0.1, 0.15) is 26.2 Å². The Balaban J connectivity index is 2.25. The highest BCUT2D eigenvalue weighted by Gasteiger charge is 2.07. The van der Waals surface area contributed by atoms with E-state index in [2.05, 4.69) is 16.8 Å². The number of nitrogens with zero attached hydrogens (tertiary/aromatic N) is 1. The molecule has 0 atom stereocenters. The van der Waals surface area contributed by atoms with Crippen LogP contribution in [0, 0.1) is 0 Å². The number of aromatic nitrogens is 1. The SMILES string of the molecule is CCCCCOCC(=O)Nc1cc(=O)on1C. The van der Waals surface area contributed by atoms with E-state index in [0.717, 1.165) is 19.3 Å². The molecule has 0 aromatic carbocycles. The van der Waals surface area contributed by atoms with E-state index in [4.69, 9.17) is 4.74 Å². The van der Waals surface area contributed by atoms with E-state index < -0.39 is 5.63 Å². The number of ether oxygens (including phenoxy) is 1. The maximum atomic E-state index is 11.4. The zero-order valence-electron chi connectivity index (χ0n) is 10.2. The van der Waals surface area contributed by atoms with Crippen LogP contribution >= 0.6 is 0 Å². The third kappa shape index (κ3) is 4.86. The lowest BCUT2D eigenvalue weighted by Gasteiger charge is -2.05. The summed E-state index contributed by atoms with van der Waals surface area (Å²) in [6.45, 7) is 2.67. The van der Waals surface area contributed by atoms with Crippen LogP contribution in [-0.2, 0) is 16.6 Å². The number of hydrogen-bond donors (Lipinski definition) is 1. The quantitative estimate of drug-likeness (QED) is 0.727. The lowest BCUT2D eigenvalue weighted by molar-refractivity contribution is -0.120. The first-order valence-electron chi connectivity index (χ1n) is 5.68. The maximum Gasteiger partial charge on any atom is 0.359 e. The van der Waals surface area contributed by atoms with Gasteiger partial charge in [0.15, 0.2) is 5.82 Å². The number of hydrogen-bond acceptors (Lipinski definition) is 4. The molecule has 1 N–H and O–H groups in total. The first-order chi connectivity index (χ1) is 8.13. The number of carbonyl (C=O) groups excluding carboxylic acids is 1. The van der Waals surface area contributed by atoms with Gasteiger partial charge in [-0.15, -0.1) is 0 Å². The summed E-state index contributed by atoms with van der Waals surface area (Å²) in [5.41, 5.74) is -0.494. The first-order valence-corrected chi connectivity index (χ1v) is 5.68. The van der Waals surface area contributed by atoms with E-state index in [9.17, 15) is 9.59 Å². The van der Waals surface area contributed by atoms with Crippen LogP contribution < -0.4 is 10.9 Å². The summed E-state index contributed by atoms with van der Waals surface area (Å²) in [5.74, 6) is 0.0371. The molecule has 0 saturated carbocycles. The molecule has 6 nitrogen and oxygen atoms in total. The molecule has 0 radical (unpaired) electrons. The van der Waals surface area contributed by atoms with Crippen LogP contribution in [0.15, 0.2) is 15.4 Å². The summed E-state index contributed by atoms with van der Waals surface area (Å²) >= 11 is 0. The normalized spacial score (nSPS) is 10.5. The fourth-order valence-corrected chi connectivity index (χ4v) is 1.33. The van der Waals surface area contributed by atoms with Crippen molar-refractivity contribution in [3.8, 4) is 0 Å². The molecular weight excluding hydrogens is 224 g/mol. The van der Waals surface area contributed by atoms with Gasteiger partial charge in [-0.1, -0.05) is 19.8 Å². The van der Waals surface area contributed by atoms with Gasteiger partial charge in [0.1, 0.15) is 6.61 Å². The fraction of sp³-hybridized carbons (Fsp3) is 0.636. The third-order valence-electron chi connectivity index (χ3n) is 2.21. The second kappa shape index (κ2) is 6.90. The summed E-state index contributed by atoms with van der Waals surface area (Å²) in [7, 11) is 1.54. The van der Waals surface area contributed by atoms with Crippen molar-refractivity contribution in [3.63, 3.8) is 0 Å². The molecular formula is C11H18N2O4. The number of carbonyl (C=O) groups is 1. The van der Waals surface area contributed by atoms with Crippen LogP contribution in [0.2, 0.25) is 0 Å². The molecule has 0 saturated heterocycles. The molecule has 6 heteroatoms. The Morgan fingerprint density at radius 3 is 2.88 bits per heavy atom. The Morgan fingerprint density at radius 2 is 2.29 bits per heavy atom. The zero-order valence-corrected chi connectivity index (χ0v) is 10.2. The number of rotatable bonds is 7. The van der Waals surface area contributed by atoms with E-state index in [0.29, 0.717) is 12.4 Å². The molecule has 0 bridgehead atoms. The van der Waals surface area contributed by atoms with Gasteiger partial charge >= 0.3 is 5.63 Å². The van der Waals surface area contributed by atoms with E-state index in [1.165, 1.54) is 10.8 Å². The maximum absolute atomic E-state index is 11.4. The Hall–Kier alpha value is -1.56. The monoisotopic (exact) mass is 242 g/mol. The lowest BCUT2D eigenvalue weighted by atomic mass is 10.3. The zero-order chi connectivity index (χ0) is 12.7. The van der Waals surface area contributed by atoms with Crippen molar-refractivity contribution in [1.29, 1.82) is 0 Å². The number of nitrogens with one attached hydrogen (secondary N) is 1. The van der Waals surface area contributed by atoms with Gasteiger partial charge in [-0.3, -0.25) is 4.79 Å². The van der Waals surface area contributed by atoms with Gasteiger partial charge in [0.25, 0.3) is 5.91 Å². The van der Waals surface area contributed by atoms with Crippen molar-refractivity contribution in [3.05, 3.63) is 16.5 Å². The second-order valence-corrected chi connectivity index (χ2v) is 3.75. The van der Waals surface area contributed by atoms with E-state index in [1.807, 2.05) is 0 Å². The molecule has 1 heterocycles. The second-order valence-electron chi connectivity index (χ2n) is 3.75. The first kappa shape index (κ1) is 13.5. The molecule has 0 aliphatic carbocycles. The minimum Gasteiger partial charge on any atom is -0.372 e.